The van der Waals surface area contributed by atoms with E-state index in [2.05, 4.69) is 37.4 Å². The second-order valence-corrected chi connectivity index (χ2v) is 7.24. The van der Waals surface area contributed by atoms with Gasteiger partial charge in [-0.15, -0.1) is 5.10 Å². The van der Waals surface area contributed by atoms with Gasteiger partial charge in [0.2, 0.25) is 5.91 Å². The highest BCUT2D eigenvalue weighted by Gasteiger charge is 2.32. The molecule has 28 heavy (non-hydrogen) atoms. The SMILES string of the molecule is C[C@@H]1CCN(C(=O)Cn2cnnn2)C[C@@H]1n1c(=O)[nH]c2cnc3[nH]ccc3c21. The number of aromatic amines is 2. The molecule has 1 aliphatic heterocycles. The van der Waals surface area contributed by atoms with Crippen molar-refractivity contribution in [1.29, 1.82) is 0 Å². The Labute approximate surface area is 158 Å². The number of imidazole rings is 1. The summed E-state index contributed by atoms with van der Waals surface area (Å²) in [7, 11) is 0. The number of tetrazole rings is 1. The molecule has 4 aromatic heterocycles. The van der Waals surface area contributed by atoms with E-state index in [-0.39, 0.29) is 30.1 Å². The molecule has 2 N–H and O–H groups in total. The van der Waals surface area contributed by atoms with Crippen LogP contribution in [0.4, 0.5) is 0 Å². The lowest BCUT2D eigenvalue weighted by molar-refractivity contribution is -0.134. The first kappa shape index (κ1) is 16.7. The van der Waals surface area contributed by atoms with Gasteiger partial charge in [0.15, 0.2) is 0 Å². The topological polar surface area (TPSA) is 130 Å². The van der Waals surface area contributed by atoms with Crippen LogP contribution in [0.3, 0.4) is 0 Å². The molecule has 0 saturated carbocycles. The minimum Gasteiger partial charge on any atom is -0.346 e. The van der Waals surface area contributed by atoms with Crippen LogP contribution in [0.15, 0.2) is 29.6 Å². The quantitative estimate of drug-likeness (QED) is 0.525. The Bertz CT molecular complexity index is 1200. The summed E-state index contributed by atoms with van der Waals surface area (Å²) >= 11 is 0. The highest BCUT2D eigenvalue weighted by Crippen LogP contribution is 2.31. The van der Waals surface area contributed by atoms with Crippen LogP contribution in [0.25, 0.3) is 22.1 Å². The van der Waals surface area contributed by atoms with E-state index >= 15 is 0 Å². The molecular formula is C17H19N9O2. The molecular weight excluding hydrogens is 362 g/mol. The molecule has 11 nitrogen and oxygen atoms in total. The van der Waals surface area contributed by atoms with Gasteiger partial charge in [0.05, 0.1) is 23.3 Å². The zero-order chi connectivity index (χ0) is 19.3. The van der Waals surface area contributed by atoms with Crippen LogP contribution in [-0.4, -0.2) is 63.6 Å². The van der Waals surface area contributed by atoms with E-state index in [0.717, 1.165) is 23.0 Å². The normalized spacial score (nSPS) is 20.2. The number of carbonyl (C=O) groups is 1. The molecule has 0 unspecified atom stereocenters. The first-order valence-electron chi connectivity index (χ1n) is 9.16. The van der Waals surface area contributed by atoms with Crippen molar-refractivity contribution < 1.29 is 4.79 Å². The molecule has 1 aliphatic rings. The van der Waals surface area contributed by atoms with Gasteiger partial charge >= 0.3 is 5.69 Å². The number of hydrogen-bond acceptors (Lipinski definition) is 6. The molecule has 2 atom stereocenters. The summed E-state index contributed by atoms with van der Waals surface area (Å²) in [6, 6.07) is 1.79. The van der Waals surface area contributed by atoms with E-state index < -0.39 is 0 Å². The molecule has 1 fully saturated rings. The zero-order valence-corrected chi connectivity index (χ0v) is 15.2. The number of fused-ring (bicyclic) bond motifs is 3. The Morgan fingerprint density at radius 1 is 1.39 bits per heavy atom. The Morgan fingerprint density at radius 3 is 3.11 bits per heavy atom. The zero-order valence-electron chi connectivity index (χ0n) is 15.2. The molecule has 11 heteroatoms. The maximum absolute atomic E-state index is 12.8. The Balaban J connectivity index is 1.52. The van der Waals surface area contributed by atoms with Crippen molar-refractivity contribution in [3.8, 4) is 0 Å². The molecule has 0 aromatic carbocycles. The average Bonchev–Trinajstić information content (AvgIpc) is 3.41. The standard InChI is InChI=1S/C17H19N9O2/c1-10-3-5-24(14(27)8-25-9-20-22-23-25)7-13(10)26-15-11-2-4-18-16(11)19-6-12(15)21-17(26)28/h2,4,6,9-10,13H,3,5,7-8H2,1H3,(H,18,19)(H,21,28)/t10-,13+/m1/s1. The first-order valence-corrected chi connectivity index (χ1v) is 9.16. The third-order valence-corrected chi connectivity index (χ3v) is 5.55. The van der Waals surface area contributed by atoms with Gasteiger partial charge in [-0.05, 0) is 28.8 Å². The molecule has 1 saturated heterocycles. The fourth-order valence-corrected chi connectivity index (χ4v) is 4.04. The predicted molar refractivity (Wildman–Crippen MR) is 99.4 cm³/mol. The minimum atomic E-state index is -0.183. The number of hydrogen-bond donors (Lipinski definition) is 2. The Kier molecular flexibility index (Phi) is 3.74. The number of piperidine rings is 1. The number of nitrogens with zero attached hydrogens (tertiary/aromatic N) is 7. The van der Waals surface area contributed by atoms with E-state index in [0.29, 0.717) is 18.6 Å². The maximum atomic E-state index is 12.8. The predicted octanol–water partition coefficient (Wildman–Crippen LogP) is 0.302. The summed E-state index contributed by atoms with van der Waals surface area (Å²) in [4.78, 5) is 37.6. The van der Waals surface area contributed by atoms with Crippen LogP contribution < -0.4 is 5.69 Å². The van der Waals surface area contributed by atoms with E-state index in [1.165, 1.54) is 11.0 Å². The van der Waals surface area contributed by atoms with E-state index in [1.54, 1.807) is 15.7 Å². The number of likely N-dealkylation sites (tertiary alicyclic amines) is 1. The van der Waals surface area contributed by atoms with Gasteiger partial charge in [-0.1, -0.05) is 6.92 Å². The van der Waals surface area contributed by atoms with Crippen molar-refractivity contribution >= 4 is 28.0 Å². The summed E-state index contributed by atoms with van der Waals surface area (Å²) in [6.45, 7) is 3.32. The fourth-order valence-electron chi connectivity index (χ4n) is 4.04. The maximum Gasteiger partial charge on any atom is 0.326 e. The smallest absolute Gasteiger partial charge is 0.326 e. The van der Waals surface area contributed by atoms with Crippen LogP contribution in [0.2, 0.25) is 0 Å². The molecule has 0 bridgehead atoms. The highest BCUT2D eigenvalue weighted by molar-refractivity contribution is 6.00. The lowest BCUT2D eigenvalue weighted by atomic mass is 9.93. The fraction of sp³-hybridized carbons (Fsp3) is 0.412. The van der Waals surface area contributed by atoms with Crippen molar-refractivity contribution in [2.24, 2.45) is 5.92 Å². The average molecular weight is 381 g/mol. The van der Waals surface area contributed by atoms with Gasteiger partial charge in [-0.3, -0.25) is 9.36 Å². The number of nitrogens with one attached hydrogen (secondary N) is 2. The molecule has 4 aromatic rings. The number of carbonyl (C=O) groups excluding carboxylic acids is 1. The number of amides is 1. The number of aromatic nitrogens is 8. The molecule has 5 rings (SSSR count). The van der Waals surface area contributed by atoms with Crippen LogP contribution in [0.5, 0.6) is 0 Å². The lowest BCUT2D eigenvalue weighted by Gasteiger charge is -2.37. The summed E-state index contributed by atoms with van der Waals surface area (Å²) in [5.74, 6) is 0.182. The number of pyridine rings is 1. The molecule has 0 radical (unpaired) electrons. The highest BCUT2D eigenvalue weighted by atomic mass is 16.2. The second kappa shape index (κ2) is 6.29. The van der Waals surface area contributed by atoms with Crippen LogP contribution >= 0.6 is 0 Å². The van der Waals surface area contributed by atoms with Gasteiger partial charge in [-0.2, -0.15) is 0 Å². The van der Waals surface area contributed by atoms with Crippen molar-refractivity contribution in [2.45, 2.75) is 25.9 Å². The van der Waals surface area contributed by atoms with Gasteiger partial charge in [0.1, 0.15) is 18.5 Å². The third kappa shape index (κ3) is 2.58. The van der Waals surface area contributed by atoms with Crippen LogP contribution in [0.1, 0.15) is 19.4 Å². The van der Waals surface area contributed by atoms with Crippen molar-refractivity contribution in [2.75, 3.05) is 13.1 Å². The molecule has 5 heterocycles. The van der Waals surface area contributed by atoms with Crippen LogP contribution in [-0.2, 0) is 11.3 Å². The monoisotopic (exact) mass is 381 g/mol. The second-order valence-electron chi connectivity index (χ2n) is 7.24. The van der Waals surface area contributed by atoms with Crippen molar-refractivity contribution in [1.82, 2.24) is 44.6 Å². The van der Waals surface area contributed by atoms with Crippen molar-refractivity contribution in [3.05, 3.63) is 35.3 Å². The summed E-state index contributed by atoms with van der Waals surface area (Å²) in [6.07, 6.45) is 5.71. The van der Waals surface area contributed by atoms with Gasteiger partial charge in [0.25, 0.3) is 0 Å². The Morgan fingerprint density at radius 2 is 2.29 bits per heavy atom. The van der Waals surface area contributed by atoms with E-state index in [1.807, 2.05) is 12.3 Å². The third-order valence-electron chi connectivity index (χ3n) is 5.55. The molecule has 0 aliphatic carbocycles. The first-order chi connectivity index (χ1) is 13.6. The lowest BCUT2D eigenvalue weighted by Crippen LogP contribution is -2.46. The number of H-pyrrole nitrogens is 2. The molecule has 1 amide bonds. The largest absolute Gasteiger partial charge is 0.346 e. The number of rotatable bonds is 3. The minimum absolute atomic E-state index is 0.0643. The molecule has 144 valence electrons. The van der Waals surface area contributed by atoms with Gasteiger partial charge in [0, 0.05) is 24.7 Å². The summed E-state index contributed by atoms with van der Waals surface area (Å²) in [5, 5.41) is 11.8. The van der Waals surface area contributed by atoms with Gasteiger partial charge in [-0.25, -0.2) is 14.5 Å². The van der Waals surface area contributed by atoms with Crippen LogP contribution in [0, 0.1) is 5.92 Å². The summed E-state index contributed by atoms with van der Waals surface area (Å²) < 4.78 is 3.19. The Hall–Kier alpha value is -3.50. The van der Waals surface area contributed by atoms with E-state index in [4.69, 9.17) is 0 Å². The van der Waals surface area contributed by atoms with Gasteiger partial charge < -0.3 is 14.9 Å². The molecule has 0 spiro atoms. The van der Waals surface area contributed by atoms with E-state index in [9.17, 15) is 9.59 Å². The summed E-state index contributed by atoms with van der Waals surface area (Å²) in [5.41, 5.74) is 2.07. The van der Waals surface area contributed by atoms with Crippen molar-refractivity contribution in [3.63, 3.8) is 0 Å².